The number of nitrogens with two attached hydrogens (primary N) is 1. The summed E-state index contributed by atoms with van der Waals surface area (Å²) in [5, 5.41) is 12.1. The van der Waals surface area contributed by atoms with E-state index in [1.165, 1.54) is 18.2 Å². The molecule has 2 aliphatic heterocycles. The normalized spacial score (nSPS) is 20.6. The van der Waals surface area contributed by atoms with Crippen molar-refractivity contribution in [2.24, 2.45) is 5.41 Å². The summed E-state index contributed by atoms with van der Waals surface area (Å²) < 4.78 is 89.1. The topological polar surface area (TPSA) is 114 Å². The van der Waals surface area contributed by atoms with Crippen LogP contribution in [0.15, 0.2) is 42.5 Å². The van der Waals surface area contributed by atoms with E-state index in [2.05, 4.69) is 15.3 Å². The number of hydrogen-bond acceptors (Lipinski definition) is 7. The highest BCUT2D eigenvalue weighted by Gasteiger charge is 2.50. The van der Waals surface area contributed by atoms with Gasteiger partial charge in [-0.05, 0) is 66.5 Å². The number of benzene rings is 2. The van der Waals surface area contributed by atoms with Gasteiger partial charge < -0.3 is 25.8 Å². The number of aliphatic carboxylic acids is 1. The van der Waals surface area contributed by atoms with E-state index in [1.807, 2.05) is 11.8 Å². The van der Waals surface area contributed by atoms with Crippen LogP contribution in [0, 0.1) is 5.41 Å². The molecule has 1 spiro atoms. The van der Waals surface area contributed by atoms with Gasteiger partial charge in [-0.2, -0.15) is 36.3 Å². The molecule has 0 amide bonds. The average Bonchev–Trinajstić information content (AvgIpc) is 3.33. The minimum Gasteiger partial charge on any atom is -0.480 e. The number of aromatic nitrogens is 2. The first-order valence-corrected chi connectivity index (χ1v) is 15.0. The van der Waals surface area contributed by atoms with Crippen molar-refractivity contribution in [1.82, 2.24) is 15.3 Å². The van der Waals surface area contributed by atoms with E-state index in [0.29, 0.717) is 38.4 Å². The highest BCUT2D eigenvalue weighted by Crippen LogP contribution is 2.47. The first-order valence-electron chi connectivity index (χ1n) is 14.3. The first-order chi connectivity index (χ1) is 21.5. The Labute approximate surface area is 269 Å². The van der Waals surface area contributed by atoms with Gasteiger partial charge in [-0.25, -0.2) is 0 Å². The van der Waals surface area contributed by atoms with E-state index >= 15 is 0 Å². The maximum absolute atomic E-state index is 14.6. The van der Waals surface area contributed by atoms with Gasteiger partial charge >= 0.3 is 18.3 Å². The van der Waals surface area contributed by atoms with Crippen molar-refractivity contribution >= 4 is 40.9 Å². The lowest BCUT2D eigenvalue weighted by Gasteiger charge is -2.43. The van der Waals surface area contributed by atoms with Crippen molar-refractivity contribution < 1.29 is 41.0 Å². The van der Waals surface area contributed by atoms with Crippen LogP contribution >= 0.6 is 23.2 Å². The molecule has 2 unspecified atom stereocenters. The number of carboxylic acids is 1. The van der Waals surface area contributed by atoms with Crippen LogP contribution < -0.4 is 20.7 Å². The summed E-state index contributed by atoms with van der Waals surface area (Å²) in [7, 11) is 0. The largest absolute Gasteiger partial charge is 0.480 e. The summed E-state index contributed by atoms with van der Waals surface area (Å²) in [6, 6.07) is 6.64. The Morgan fingerprint density at radius 3 is 2.39 bits per heavy atom. The molecule has 0 radical (unpaired) electrons. The summed E-state index contributed by atoms with van der Waals surface area (Å²) in [5.41, 5.74) is 3.86. The Kier molecular flexibility index (Phi) is 9.28. The number of anilines is 2. The molecule has 16 heteroatoms. The van der Waals surface area contributed by atoms with Crippen molar-refractivity contribution in [2.75, 3.05) is 23.7 Å². The number of ether oxygens (including phenoxy) is 1. The SMILES string of the molecule is CCC1NC(C(=O)O)CC12CCN(c1cc(O[C@H](c3ccc(Cl)cc3-c3ccc(C(F)(F)F)c(Cl)c3)C(F)(F)F)nc(N)n1)CC2. The van der Waals surface area contributed by atoms with Crippen molar-refractivity contribution in [2.45, 2.75) is 63.1 Å². The predicted molar refractivity (Wildman–Crippen MR) is 160 cm³/mol. The number of rotatable bonds is 7. The lowest BCUT2D eigenvalue weighted by atomic mass is 9.71. The number of halogens is 8. The zero-order valence-electron chi connectivity index (χ0n) is 24.2. The average molecular weight is 692 g/mol. The van der Waals surface area contributed by atoms with Crippen LogP contribution in [0.25, 0.3) is 11.1 Å². The molecule has 46 heavy (non-hydrogen) atoms. The summed E-state index contributed by atoms with van der Waals surface area (Å²) in [4.78, 5) is 21.6. The number of hydrogen-bond donors (Lipinski definition) is 3. The van der Waals surface area contributed by atoms with E-state index in [9.17, 15) is 36.2 Å². The van der Waals surface area contributed by atoms with Crippen LogP contribution in [-0.4, -0.2) is 52.4 Å². The fraction of sp³-hybridized carbons (Fsp3) is 0.433. The van der Waals surface area contributed by atoms with E-state index in [1.54, 1.807) is 0 Å². The van der Waals surface area contributed by atoms with Gasteiger partial charge in [0, 0.05) is 35.8 Å². The molecule has 3 aromatic rings. The second-order valence-corrected chi connectivity index (χ2v) is 12.3. The van der Waals surface area contributed by atoms with Crippen molar-refractivity contribution in [3.63, 3.8) is 0 Å². The standard InChI is InChI=1S/C30H29Cl2F6N5O3/c1-2-22-28(14-21(40-22)26(44)45)7-9-43(10-8-28)23-13-24(42-27(39)41-23)46-25(30(36,37)38)17-5-4-16(31)12-18(17)15-3-6-19(20(32)11-15)29(33,34)35/h3-6,11-13,21-22,25,40H,2,7-10,14H2,1H3,(H,44,45)(H2,39,41,42)/t21?,22?,25-/m1/s1. The van der Waals surface area contributed by atoms with Crippen LogP contribution in [0.2, 0.25) is 10.0 Å². The van der Waals surface area contributed by atoms with Crippen LogP contribution in [-0.2, 0) is 11.0 Å². The molecule has 2 aromatic carbocycles. The molecule has 248 valence electrons. The molecule has 2 aliphatic rings. The Balaban J connectivity index is 1.44. The Morgan fingerprint density at radius 1 is 1.11 bits per heavy atom. The molecule has 2 saturated heterocycles. The number of alkyl halides is 6. The number of piperidine rings is 1. The first kappa shape index (κ1) is 33.9. The minimum absolute atomic E-state index is 0.00535. The van der Waals surface area contributed by atoms with Gasteiger partial charge in [0.15, 0.2) is 0 Å². The van der Waals surface area contributed by atoms with Gasteiger partial charge in [0.1, 0.15) is 11.9 Å². The van der Waals surface area contributed by atoms with Gasteiger partial charge in [-0.1, -0.05) is 42.3 Å². The van der Waals surface area contributed by atoms with E-state index in [-0.39, 0.29) is 39.4 Å². The third-order valence-corrected chi connectivity index (χ3v) is 9.22. The third kappa shape index (κ3) is 6.93. The number of nitrogen functional groups attached to an aromatic ring is 1. The second kappa shape index (κ2) is 12.6. The summed E-state index contributed by atoms with van der Waals surface area (Å²) in [6.45, 7) is 2.87. The lowest BCUT2D eigenvalue weighted by molar-refractivity contribution is -0.198. The molecular weight excluding hydrogens is 663 g/mol. The summed E-state index contributed by atoms with van der Waals surface area (Å²) in [6.07, 6.45) is -9.95. The molecular formula is C30H29Cl2F6N5O3. The number of nitrogens with one attached hydrogen (secondary N) is 1. The molecule has 5 rings (SSSR count). The molecule has 3 heterocycles. The molecule has 3 atom stereocenters. The van der Waals surface area contributed by atoms with Gasteiger partial charge in [-0.3, -0.25) is 4.79 Å². The Morgan fingerprint density at radius 2 is 1.80 bits per heavy atom. The molecule has 0 saturated carbocycles. The fourth-order valence-electron chi connectivity index (χ4n) is 6.47. The molecule has 2 fully saturated rings. The van der Waals surface area contributed by atoms with Crippen molar-refractivity contribution in [3.05, 3.63) is 63.6 Å². The molecule has 1 aromatic heterocycles. The lowest BCUT2D eigenvalue weighted by Crippen LogP contribution is -2.46. The smallest absolute Gasteiger partial charge is 0.429 e. The quantitative estimate of drug-likeness (QED) is 0.218. The third-order valence-electron chi connectivity index (χ3n) is 8.67. The molecule has 0 aliphatic carbocycles. The van der Waals surface area contributed by atoms with Gasteiger partial charge in [0.2, 0.25) is 17.9 Å². The molecule has 4 N–H and O–H groups in total. The number of carboxylic acid groups (broad SMARTS) is 1. The van der Waals surface area contributed by atoms with E-state index in [0.717, 1.165) is 24.6 Å². The number of carbonyl (C=O) groups is 1. The summed E-state index contributed by atoms with van der Waals surface area (Å²) in [5.74, 6) is -1.48. The van der Waals surface area contributed by atoms with Crippen LogP contribution in [0.4, 0.5) is 38.1 Å². The van der Waals surface area contributed by atoms with Gasteiger partial charge in [0.05, 0.1) is 10.6 Å². The molecule has 8 nitrogen and oxygen atoms in total. The Hall–Kier alpha value is -3.49. The van der Waals surface area contributed by atoms with Gasteiger partial charge in [0.25, 0.3) is 0 Å². The van der Waals surface area contributed by atoms with Crippen LogP contribution in [0.3, 0.4) is 0 Å². The zero-order chi connectivity index (χ0) is 33.6. The van der Waals surface area contributed by atoms with E-state index in [4.69, 9.17) is 33.7 Å². The summed E-state index contributed by atoms with van der Waals surface area (Å²) >= 11 is 12.0. The maximum atomic E-state index is 14.6. The monoisotopic (exact) mass is 691 g/mol. The van der Waals surface area contributed by atoms with Crippen molar-refractivity contribution in [3.8, 4) is 17.0 Å². The van der Waals surface area contributed by atoms with Crippen molar-refractivity contribution in [1.29, 1.82) is 0 Å². The van der Waals surface area contributed by atoms with Crippen LogP contribution in [0.1, 0.15) is 49.8 Å². The Bertz CT molecular complexity index is 1610. The maximum Gasteiger partial charge on any atom is 0.429 e. The highest BCUT2D eigenvalue weighted by molar-refractivity contribution is 6.32. The fourth-order valence-corrected chi connectivity index (χ4v) is 6.93. The highest BCUT2D eigenvalue weighted by atomic mass is 35.5. The van der Waals surface area contributed by atoms with Crippen LogP contribution in [0.5, 0.6) is 5.88 Å². The minimum atomic E-state index is -5.01. The number of nitrogens with zero attached hydrogens (tertiary/aromatic N) is 3. The van der Waals surface area contributed by atoms with Gasteiger partial charge in [-0.15, -0.1) is 0 Å². The second-order valence-electron chi connectivity index (χ2n) is 11.5. The molecule has 0 bridgehead atoms. The zero-order valence-corrected chi connectivity index (χ0v) is 25.7. The van der Waals surface area contributed by atoms with E-state index < -0.39 is 52.5 Å². The predicted octanol–water partition coefficient (Wildman–Crippen LogP) is 7.55.